The average Bonchev–Trinajstić information content (AvgIpc) is 2.44. The van der Waals surface area contributed by atoms with Crippen LogP contribution in [-0.4, -0.2) is 48.1 Å². The highest BCUT2D eigenvalue weighted by Crippen LogP contribution is 2.16. The lowest BCUT2D eigenvalue weighted by molar-refractivity contribution is -0.123. The van der Waals surface area contributed by atoms with Crippen LogP contribution in [0.4, 0.5) is 0 Å². The van der Waals surface area contributed by atoms with Crippen molar-refractivity contribution in [3.05, 3.63) is 29.8 Å². The fourth-order valence-corrected chi connectivity index (χ4v) is 2.84. The monoisotopic (exact) mass is 291 g/mol. The third-order valence-electron chi connectivity index (χ3n) is 4.16. The second-order valence-corrected chi connectivity index (χ2v) is 6.12. The second-order valence-electron chi connectivity index (χ2n) is 6.12. The smallest absolute Gasteiger partial charge is 0.237 e. The van der Waals surface area contributed by atoms with Gasteiger partial charge in [-0.2, -0.15) is 0 Å². The fourth-order valence-electron chi connectivity index (χ4n) is 2.84. The summed E-state index contributed by atoms with van der Waals surface area (Å²) in [7, 11) is 2.10. The number of likely N-dealkylation sites (tertiary alicyclic amines) is 1. The quantitative estimate of drug-likeness (QED) is 0.764. The number of phenols is 1. The Balaban J connectivity index is 1.86. The van der Waals surface area contributed by atoms with E-state index in [0.29, 0.717) is 12.3 Å². The number of phenolic OH excluding ortho intramolecular Hbond substituents is 1. The summed E-state index contributed by atoms with van der Waals surface area (Å²) in [5.74, 6) is 0.565. The molecule has 4 N–H and O–H groups in total. The molecule has 1 aliphatic heterocycles. The molecule has 0 bridgehead atoms. The van der Waals surface area contributed by atoms with Gasteiger partial charge in [0, 0.05) is 12.6 Å². The third kappa shape index (κ3) is 4.44. The molecule has 1 aromatic carbocycles. The minimum atomic E-state index is -0.554. The van der Waals surface area contributed by atoms with Gasteiger partial charge >= 0.3 is 0 Å². The van der Waals surface area contributed by atoms with Crippen molar-refractivity contribution in [1.82, 2.24) is 10.2 Å². The van der Waals surface area contributed by atoms with Crippen molar-refractivity contribution in [3.63, 3.8) is 0 Å². The van der Waals surface area contributed by atoms with Crippen LogP contribution in [0.25, 0.3) is 0 Å². The second kappa shape index (κ2) is 6.91. The van der Waals surface area contributed by atoms with Gasteiger partial charge in [-0.25, -0.2) is 0 Å². The van der Waals surface area contributed by atoms with Crippen LogP contribution in [0.2, 0.25) is 0 Å². The van der Waals surface area contributed by atoms with Crippen LogP contribution >= 0.6 is 0 Å². The van der Waals surface area contributed by atoms with Crippen LogP contribution in [0, 0.1) is 5.92 Å². The Bertz CT molecular complexity index is 475. The van der Waals surface area contributed by atoms with E-state index in [9.17, 15) is 9.90 Å². The van der Waals surface area contributed by atoms with Gasteiger partial charge in [0.1, 0.15) is 5.75 Å². The number of nitrogens with two attached hydrogens (primary N) is 1. The number of aromatic hydroxyl groups is 1. The Morgan fingerprint density at radius 1 is 1.48 bits per heavy atom. The van der Waals surface area contributed by atoms with Crippen molar-refractivity contribution in [3.8, 4) is 5.75 Å². The summed E-state index contributed by atoms with van der Waals surface area (Å²) in [6.07, 6.45) is 1.45. The summed E-state index contributed by atoms with van der Waals surface area (Å²) in [5.41, 5.74) is 6.94. The van der Waals surface area contributed by atoms with Gasteiger partial charge in [0.05, 0.1) is 6.04 Å². The molecule has 0 aliphatic carbocycles. The summed E-state index contributed by atoms with van der Waals surface area (Å²) < 4.78 is 0. The van der Waals surface area contributed by atoms with Crippen LogP contribution < -0.4 is 11.1 Å². The number of hydrogen-bond donors (Lipinski definition) is 3. The van der Waals surface area contributed by atoms with Crippen molar-refractivity contribution in [2.45, 2.75) is 31.8 Å². The average molecular weight is 291 g/mol. The summed E-state index contributed by atoms with van der Waals surface area (Å²) in [6, 6.07) is 6.46. The molecule has 116 valence electrons. The Hall–Kier alpha value is -1.59. The molecule has 1 heterocycles. The highest BCUT2D eigenvalue weighted by molar-refractivity contribution is 5.82. The zero-order valence-electron chi connectivity index (χ0n) is 12.7. The molecule has 1 aromatic rings. The van der Waals surface area contributed by atoms with Gasteiger partial charge in [0.25, 0.3) is 0 Å². The van der Waals surface area contributed by atoms with Crippen molar-refractivity contribution in [2.75, 3.05) is 20.1 Å². The molecule has 5 nitrogen and oxygen atoms in total. The number of nitrogens with one attached hydrogen (secondary N) is 1. The Morgan fingerprint density at radius 3 is 2.76 bits per heavy atom. The fraction of sp³-hybridized carbons (Fsp3) is 0.562. The topological polar surface area (TPSA) is 78.6 Å². The van der Waals surface area contributed by atoms with Gasteiger partial charge < -0.3 is 21.1 Å². The number of carbonyl (C=O) groups is 1. The van der Waals surface area contributed by atoms with Gasteiger partial charge in [-0.15, -0.1) is 0 Å². The zero-order valence-corrected chi connectivity index (χ0v) is 12.7. The normalized spacial score (nSPS) is 24.5. The van der Waals surface area contributed by atoms with Gasteiger partial charge in [0.2, 0.25) is 5.91 Å². The van der Waals surface area contributed by atoms with Crippen molar-refractivity contribution in [2.24, 2.45) is 11.7 Å². The van der Waals surface area contributed by atoms with Crippen LogP contribution in [-0.2, 0) is 11.2 Å². The lowest BCUT2D eigenvalue weighted by Gasteiger charge is -2.35. The number of nitrogens with zero attached hydrogens (tertiary/aromatic N) is 1. The van der Waals surface area contributed by atoms with Crippen molar-refractivity contribution < 1.29 is 9.90 Å². The standard InChI is InChI=1S/C16H25N3O2/c1-11-10-19(2)8-7-15(11)18-16(21)14(17)9-12-3-5-13(20)6-4-12/h3-6,11,14-15,20H,7-10,17H2,1-2H3,(H,18,21). The van der Waals surface area contributed by atoms with Gasteiger partial charge in [0.15, 0.2) is 0 Å². The van der Waals surface area contributed by atoms with E-state index in [2.05, 4.69) is 24.2 Å². The first-order chi connectivity index (χ1) is 9.95. The molecule has 5 heteroatoms. The van der Waals surface area contributed by atoms with Gasteiger partial charge in [-0.3, -0.25) is 4.79 Å². The summed E-state index contributed by atoms with van der Waals surface area (Å²) >= 11 is 0. The molecule has 3 unspecified atom stereocenters. The van der Waals surface area contributed by atoms with Crippen LogP contribution in [0.3, 0.4) is 0 Å². The number of carbonyl (C=O) groups excluding carboxylic acids is 1. The molecule has 3 atom stereocenters. The lowest BCUT2D eigenvalue weighted by atomic mass is 9.93. The number of hydrogen-bond acceptors (Lipinski definition) is 4. The van der Waals surface area contributed by atoms with E-state index in [4.69, 9.17) is 5.73 Å². The predicted octanol–water partition coefficient (Wildman–Crippen LogP) is 0.718. The largest absolute Gasteiger partial charge is 0.508 e. The van der Waals surface area contributed by atoms with E-state index in [1.54, 1.807) is 24.3 Å². The molecule has 1 fully saturated rings. The predicted molar refractivity (Wildman–Crippen MR) is 83.0 cm³/mol. The molecule has 0 saturated carbocycles. The molecule has 21 heavy (non-hydrogen) atoms. The minimum Gasteiger partial charge on any atom is -0.508 e. The molecular formula is C16H25N3O2. The zero-order chi connectivity index (χ0) is 15.4. The van der Waals surface area contributed by atoms with Gasteiger partial charge in [-0.05, 0) is 50.0 Å². The van der Waals surface area contributed by atoms with Gasteiger partial charge in [-0.1, -0.05) is 19.1 Å². The molecular weight excluding hydrogens is 266 g/mol. The maximum Gasteiger partial charge on any atom is 0.237 e. The highest BCUT2D eigenvalue weighted by Gasteiger charge is 2.27. The number of rotatable bonds is 4. The first-order valence-electron chi connectivity index (χ1n) is 7.48. The first kappa shape index (κ1) is 15.8. The Labute approximate surface area is 126 Å². The molecule has 0 radical (unpaired) electrons. The van der Waals surface area contributed by atoms with E-state index in [-0.39, 0.29) is 17.7 Å². The number of amides is 1. The number of benzene rings is 1. The summed E-state index contributed by atoms with van der Waals surface area (Å²) in [5, 5.41) is 12.3. The summed E-state index contributed by atoms with van der Waals surface area (Å²) in [6.45, 7) is 4.16. The maximum absolute atomic E-state index is 12.2. The molecule has 1 saturated heterocycles. The molecule has 1 aliphatic rings. The number of piperidine rings is 1. The van der Waals surface area contributed by atoms with E-state index in [1.807, 2.05) is 0 Å². The Morgan fingerprint density at radius 2 is 2.14 bits per heavy atom. The highest BCUT2D eigenvalue weighted by atomic mass is 16.3. The SMILES string of the molecule is CC1CN(C)CCC1NC(=O)C(N)Cc1ccc(O)cc1. The van der Waals surface area contributed by atoms with E-state index in [1.165, 1.54) is 0 Å². The minimum absolute atomic E-state index is 0.0931. The van der Waals surface area contributed by atoms with Crippen LogP contribution in [0.15, 0.2) is 24.3 Å². The maximum atomic E-state index is 12.2. The van der Waals surface area contributed by atoms with E-state index >= 15 is 0 Å². The molecule has 0 aromatic heterocycles. The third-order valence-corrected chi connectivity index (χ3v) is 4.16. The van der Waals surface area contributed by atoms with Crippen molar-refractivity contribution >= 4 is 5.91 Å². The Kier molecular flexibility index (Phi) is 5.20. The molecule has 2 rings (SSSR count). The van der Waals surface area contributed by atoms with E-state index < -0.39 is 6.04 Å². The van der Waals surface area contributed by atoms with Crippen LogP contribution in [0.5, 0.6) is 5.75 Å². The lowest BCUT2D eigenvalue weighted by Crippen LogP contribution is -2.53. The summed E-state index contributed by atoms with van der Waals surface area (Å²) in [4.78, 5) is 14.5. The van der Waals surface area contributed by atoms with Crippen molar-refractivity contribution in [1.29, 1.82) is 0 Å². The molecule has 1 amide bonds. The van der Waals surface area contributed by atoms with Crippen LogP contribution in [0.1, 0.15) is 18.9 Å². The van der Waals surface area contributed by atoms with E-state index in [0.717, 1.165) is 25.1 Å². The first-order valence-corrected chi connectivity index (χ1v) is 7.48. The molecule has 0 spiro atoms.